The van der Waals surface area contributed by atoms with Gasteiger partial charge in [0.2, 0.25) is 0 Å². The lowest BCUT2D eigenvalue weighted by Gasteiger charge is -2.13. The Balaban J connectivity index is 2.47. The zero-order valence-corrected chi connectivity index (χ0v) is 12.0. The van der Waals surface area contributed by atoms with Gasteiger partial charge in [0.25, 0.3) is 0 Å². The number of nitrogens with two attached hydrogens (primary N) is 1. The van der Waals surface area contributed by atoms with Crippen molar-refractivity contribution in [3.05, 3.63) is 44.1 Å². The Bertz CT molecular complexity index is 515. The summed E-state index contributed by atoms with van der Waals surface area (Å²) in [4.78, 5) is 0. The molecular formula is C10H9BrCl2N4. The molecule has 0 aliphatic rings. The van der Waals surface area contributed by atoms with E-state index in [9.17, 15) is 0 Å². The second-order valence-corrected chi connectivity index (χ2v) is 5.19. The van der Waals surface area contributed by atoms with Gasteiger partial charge < -0.3 is 5.73 Å². The third-order valence-corrected chi connectivity index (χ3v) is 3.37. The lowest BCUT2D eigenvalue weighted by atomic mass is 10.1. The molecule has 0 spiro atoms. The van der Waals surface area contributed by atoms with Crippen LogP contribution in [0.2, 0.25) is 10.0 Å². The minimum Gasteiger partial charge on any atom is -0.319 e. The Morgan fingerprint density at radius 1 is 1.29 bits per heavy atom. The van der Waals surface area contributed by atoms with E-state index in [1.54, 1.807) is 29.9 Å². The van der Waals surface area contributed by atoms with Crippen LogP contribution in [0.25, 0.3) is 0 Å². The van der Waals surface area contributed by atoms with Crippen LogP contribution in [-0.4, -0.2) is 15.0 Å². The highest BCUT2D eigenvalue weighted by Gasteiger charge is 2.18. The molecule has 1 aromatic carbocycles. The maximum atomic E-state index is 6.15. The lowest BCUT2D eigenvalue weighted by molar-refractivity contribution is 0.651. The van der Waals surface area contributed by atoms with Crippen LogP contribution in [0.1, 0.15) is 17.3 Å². The van der Waals surface area contributed by atoms with Crippen LogP contribution in [-0.2, 0) is 7.05 Å². The first kappa shape index (κ1) is 12.8. The minimum atomic E-state index is -0.388. The maximum Gasteiger partial charge on any atom is 0.153 e. The van der Waals surface area contributed by atoms with E-state index < -0.39 is 0 Å². The molecule has 0 amide bonds. The predicted molar refractivity (Wildman–Crippen MR) is 71.2 cm³/mol. The summed E-state index contributed by atoms with van der Waals surface area (Å²) < 4.78 is 2.23. The molecule has 17 heavy (non-hydrogen) atoms. The second kappa shape index (κ2) is 4.94. The summed E-state index contributed by atoms with van der Waals surface area (Å²) in [5.74, 6) is 0. The summed E-state index contributed by atoms with van der Waals surface area (Å²) in [6.45, 7) is 0. The van der Waals surface area contributed by atoms with E-state index in [2.05, 4.69) is 26.2 Å². The van der Waals surface area contributed by atoms with Crippen LogP contribution in [0, 0.1) is 0 Å². The van der Waals surface area contributed by atoms with E-state index in [1.165, 1.54) is 0 Å². The Kier molecular flexibility index (Phi) is 3.73. The van der Waals surface area contributed by atoms with E-state index in [-0.39, 0.29) is 6.04 Å². The van der Waals surface area contributed by atoms with Crippen molar-refractivity contribution in [3.63, 3.8) is 0 Å². The highest BCUT2D eigenvalue weighted by molar-refractivity contribution is 9.10. The lowest BCUT2D eigenvalue weighted by Crippen LogP contribution is -2.16. The van der Waals surface area contributed by atoms with Gasteiger partial charge in [-0.05, 0) is 39.7 Å². The molecule has 1 heterocycles. The zero-order valence-electron chi connectivity index (χ0n) is 8.86. The zero-order chi connectivity index (χ0) is 12.6. The van der Waals surface area contributed by atoms with E-state index in [4.69, 9.17) is 28.9 Å². The largest absolute Gasteiger partial charge is 0.319 e. The number of nitrogens with zero attached hydrogens (tertiary/aromatic N) is 3. The average Bonchev–Trinajstić information content (AvgIpc) is 2.56. The van der Waals surface area contributed by atoms with Crippen molar-refractivity contribution in [1.82, 2.24) is 15.0 Å². The first-order valence-electron chi connectivity index (χ1n) is 4.75. The fourth-order valence-electron chi connectivity index (χ4n) is 1.58. The molecule has 0 aliphatic carbocycles. The van der Waals surface area contributed by atoms with E-state index in [0.717, 1.165) is 11.3 Å². The molecule has 2 aromatic rings. The Labute approximate surface area is 117 Å². The second-order valence-electron chi connectivity index (χ2n) is 3.57. The first-order chi connectivity index (χ1) is 7.99. The summed E-state index contributed by atoms with van der Waals surface area (Å²) in [5, 5.41) is 8.87. The molecule has 7 heteroatoms. The summed E-state index contributed by atoms with van der Waals surface area (Å²) in [5.41, 5.74) is 7.73. The summed E-state index contributed by atoms with van der Waals surface area (Å²) >= 11 is 15.2. The number of hydrogen-bond acceptors (Lipinski definition) is 3. The predicted octanol–water partition coefficient (Wildman–Crippen LogP) is 2.93. The van der Waals surface area contributed by atoms with Gasteiger partial charge >= 0.3 is 0 Å². The van der Waals surface area contributed by atoms with Gasteiger partial charge in [-0.25, -0.2) is 4.68 Å². The normalized spacial score (nSPS) is 12.8. The van der Waals surface area contributed by atoms with Crippen molar-refractivity contribution in [2.45, 2.75) is 6.04 Å². The van der Waals surface area contributed by atoms with Gasteiger partial charge in [0, 0.05) is 17.1 Å². The van der Waals surface area contributed by atoms with E-state index >= 15 is 0 Å². The number of halogens is 3. The fraction of sp³-hybridized carbons (Fsp3) is 0.200. The van der Waals surface area contributed by atoms with Crippen LogP contribution in [0.3, 0.4) is 0 Å². The molecule has 4 nitrogen and oxygen atoms in total. The first-order valence-corrected chi connectivity index (χ1v) is 6.30. The quantitative estimate of drug-likeness (QED) is 0.918. The molecule has 0 bridgehead atoms. The number of aryl methyl sites for hydroxylation is 1. The van der Waals surface area contributed by atoms with Crippen LogP contribution >= 0.6 is 39.1 Å². The highest BCUT2D eigenvalue weighted by atomic mass is 79.9. The van der Waals surface area contributed by atoms with Crippen molar-refractivity contribution in [1.29, 1.82) is 0 Å². The molecule has 2 rings (SSSR count). The molecule has 1 unspecified atom stereocenters. The van der Waals surface area contributed by atoms with Gasteiger partial charge in [-0.15, -0.1) is 5.10 Å². The SMILES string of the molecule is Cn1nnc(Br)c1C(N)c1cc(Cl)cc(Cl)c1. The molecular weight excluding hydrogens is 327 g/mol. The maximum absolute atomic E-state index is 6.15. The van der Waals surface area contributed by atoms with Crippen LogP contribution in [0.5, 0.6) is 0 Å². The number of rotatable bonds is 2. The van der Waals surface area contributed by atoms with E-state index in [1.807, 2.05) is 0 Å². The molecule has 0 aliphatic heterocycles. The van der Waals surface area contributed by atoms with Crippen molar-refractivity contribution in [2.24, 2.45) is 12.8 Å². The highest BCUT2D eigenvalue weighted by Crippen LogP contribution is 2.28. The minimum absolute atomic E-state index is 0.388. The number of hydrogen-bond donors (Lipinski definition) is 1. The molecule has 1 aromatic heterocycles. The Morgan fingerprint density at radius 2 is 1.88 bits per heavy atom. The van der Waals surface area contributed by atoms with Gasteiger partial charge in [-0.3, -0.25) is 0 Å². The van der Waals surface area contributed by atoms with Gasteiger partial charge in [-0.1, -0.05) is 28.4 Å². The van der Waals surface area contributed by atoms with E-state index in [0.29, 0.717) is 14.6 Å². The summed E-state index contributed by atoms with van der Waals surface area (Å²) in [7, 11) is 1.78. The molecule has 0 saturated heterocycles. The van der Waals surface area contributed by atoms with Crippen molar-refractivity contribution in [3.8, 4) is 0 Å². The number of benzene rings is 1. The smallest absolute Gasteiger partial charge is 0.153 e. The molecule has 90 valence electrons. The van der Waals surface area contributed by atoms with Crippen molar-refractivity contribution in [2.75, 3.05) is 0 Å². The fourth-order valence-corrected chi connectivity index (χ4v) is 2.70. The molecule has 0 fully saturated rings. The number of aromatic nitrogens is 3. The van der Waals surface area contributed by atoms with Crippen LogP contribution < -0.4 is 5.73 Å². The van der Waals surface area contributed by atoms with Gasteiger partial charge in [-0.2, -0.15) is 0 Å². The molecule has 0 radical (unpaired) electrons. The molecule has 0 saturated carbocycles. The Morgan fingerprint density at radius 3 is 2.35 bits per heavy atom. The van der Waals surface area contributed by atoms with Crippen molar-refractivity contribution >= 4 is 39.1 Å². The summed E-state index contributed by atoms with van der Waals surface area (Å²) in [6.07, 6.45) is 0. The topological polar surface area (TPSA) is 56.7 Å². The Hall–Kier alpha value is -0.620. The van der Waals surface area contributed by atoms with Gasteiger partial charge in [0.05, 0.1) is 11.7 Å². The van der Waals surface area contributed by atoms with Gasteiger partial charge in [0.15, 0.2) is 4.60 Å². The summed E-state index contributed by atoms with van der Waals surface area (Å²) in [6, 6.07) is 4.82. The third-order valence-electron chi connectivity index (χ3n) is 2.37. The third kappa shape index (κ3) is 2.63. The van der Waals surface area contributed by atoms with Crippen LogP contribution in [0.15, 0.2) is 22.8 Å². The monoisotopic (exact) mass is 334 g/mol. The van der Waals surface area contributed by atoms with Crippen molar-refractivity contribution < 1.29 is 0 Å². The van der Waals surface area contributed by atoms with Crippen LogP contribution in [0.4, 0.5) is 0 Å². The van der Waals surface area contributed by atoms with Gasteiger partial charge in [0.1, 0.15) is 0 Å². The average molecular weight is 336 g/mol. The molecule has 2 N–H and O–H groups in total. The molecule has 1 atom stereocenters. The standard InChI is InChI=1S/C10H9BrCl2N4/c1-17-9(10(11)15-16-17)8(14)5-2-6(12)4-7(13)3-5/h2-4,8H,14H2,1H3.